The minimum atomic E-state index is -0.753. The van der Waals surface area contributed by atoms with Crippen LogP contribution < -0.4 is 0 Å². The van der Waals surface area contributed by atoms with E-state index in [1.807, 2.05) is 38.1 Å². The van der Waals surface area contributed by atoms with Crippen LogP contribution in [0.5, 0.6) is 0 Å². The second-order valence-corrected chi connectivity index (χ2v) is 5.38. The zero-order valence-corrected chi connectivity index (χ0v) is 10.1. The van der Waals surface area contributed by atoms with Crippen molar-refractivity contribution < 1.29 is 9.90 Å². The zero-order valence-electron chi connectivity index (χ0n) is 9.28. The number of carboxylic acids is 1. The fourth-order valence-corrected chi connectivity index (χ4v) is 2.35. The van der Waals surface area contributed by atoms with E-state index < -0.39 is 10.7 Å². The van der Waals surface area contributed by atoms with E-state index in [4.69, 9.17) is 5.11 Å². The molecule has 0 aliphatic carbocycles. The Kier molecular flexibility index (Phi) is 3.80. The molecule has 1 unspecified atom stereocenters. The summed E-state index contributed by atoms with van der Waals surface area (Å²) in [6, 6.07) is 7.93. The van der Waals surface area contributed by atoms with Gasteiger partial charge in [-0.15, -0.1) is 11.8 Å². The Hall–Kier alpha value is -0.960. The minimum absolute atomic E-state index is 0.612. The standard InChI is InChI=1S/C12H16O2S/c1-4-12(3,11(13)14)15-10-7-5-6-9(2)8-10/h5-8H,4H2,1-3H3,(H,13,14). The van der Waals surface area contributed by atoms with E-state index in [-0.39, 0.29) is 0 Å². The van der Waals surface area contributed by atoms with Crippen LogP contribution in [-0.2, 0) is 4.79 Å². The molecule has 1 N–H and O–H groups in total. The molecule has 0 saturated carbocycles. The van der Waals surface area contributed by atoms with Crippen molar-refractivity contribution in [3.05, 3.63) is 29.8 Å². The summed E-state index contributed by atoms with van der Waals surface area (Å²) in [7, 11) is 0. The molecule has 0 bridgehead atoms. The highest BCUT2D eigenvalue weighted by Crippen LogP contribution is 2.35. The SMILES string of the molecule is CCC(C)(Sc1cccc(C)c1)C(=O)O. The number of rotatable bonds is 4. The first kappa shape index (κ1) is 12.1. The second kappa shape index (κ2) is 4.71. The Morgan fingerprint density at radius 3 is 2.67 bits per heavy atom. The van der Waals surface area contributed by atoms with Gasteiger partial charge in [0, 0.05) is 4.90 Å². The van der Waals surface area contributed by atoms with Gasteiger partial charge in [0.15, 0.2) is 0 Å². The molecule has 1 aromatic carbocycles. The van der Waals surface area contributed by atoms with Crippen molar-refractivity contribution >= 4 is 17.7 Å². The number of hydrogen-bond acceptors (Lipinski definition) is 2. The Morgan fingerprint density at radius 2 is 2.20 bits per heavy atom. The van der Waals surface area contributed by atoms with Gasteiger partial charge < -0.3 is 5.11 Å². The van der Waals surface area contributed by atoms with Gasteiger partial charge >= 0.3 is 5.97 Å². The van der Waals surface area contributed by atoms with Crippen molar-refractivity contribution in [2.24, 2.45) is 0 Å². The second-order valence-electron chi connectivity index (χ2n) is 3.81. The highest BCUT2D eigenvalue weighted by molar-refractivity contribution is 8.01. The average Bonchev–Trinajstić information content (AvgIpc) is 2.17. The Morgan fingerprint density at radius 1 is 1.53 bits per heavy atom. The van der Waals surface area contributed by atoms with Crippen LogP contribution in [-0.4, -0.2) is 15.8 Å². The van der Waals surface area contributed by atoms with Crippen molar-refractivity contribution in [1.29, 1.82) is 0 Å². The van der Waals surface area contributed by atoms with Crippen LogP contribution in [0.4, 0.5) is 0 Å². The first-order valence-corrected chi connectivity index (χ1v) is 5.78. The quantitative estimate of drug-likeness (QED) is 0.797. The Bertz CT molecular complexity index is 362. The van der Waals surface area contributed by atoms with Crippen molar-refractivity contribution in [2.45, 2.75) is 36.8 Å². The molecule has 0 aromatic heterocycles. The summed E-state index contributed by atoms with van der Waals surface area (Å²) in [4.78, 5) is 12.1. The fourth-order valence-electron chi connectivity index (χ4n) is 1.21. The predicted molar refractivity (Wildman–Crippen MR) is 63.4 cm³/mol. The number of carbonyl (C=O) groups is 1. The molecule has 15 heavy (non-hydrogen) atoms. The molecule has 2 nitrogen and oxygen atoms in total. The highest BCUT2D eigenvalue weighted by atomic mass is 32.2. The molecule has 0 amide bonds. The molecule has 0 aliphatic rings. The highest BCUT2D eigenvalue weighted by Gasteiger charge is 2.32. The van der Waals surface area contributed by atoms with Crippen LogP contribution in [0.1, 0.15) is 25.8 Å². The van der Waals surface area contributed by atoms with Gasteiger partial charge in [-0.3, -0.25) is 4.79 Å². The van der Waals surface area contributed by atoms with E-state index in [1.54, 1.807) is 6.92 Å². The summed E-state index contributed by atoms with van der Waals surface area (Å²) >= 11 is 1.41. The normalized spacial score (nSPS) is 14.6. The lowest BCUT2D eigenvalue weighted by Gasteiger charge is -2.22. The zero-order chi connectivity index (χ0) is 11.5. The van der Waals surface area contributed by atoms with Crippen LogP contribution in [0, 0.1) is 6.92 Å². The summed E-state index contributed by atoms with van der Waals surface area (Å²) in [6.45, 7) is 5.67. The summed E-state index contributed by atoms with van der Waals surface area (Å²) in [5, 5.41) is 9.14. The molecular formula is C12H16O2S. The third-order valence-corrected chi connectivity index (χ3v) is 3.86. The van der Waals surface area contributed by atoms with E-state index >= 15 is 0 Å². The van der Waals surface area contributed by atoms with Crippen LogP contribution in [0.3, 0.4) is 0 Å². The molecule has 1 atom stereocenters. The van der Waals surface area contributed by atoms with Crippen molar-refractivity contribution in [3.63, 3.8) is 0 Å². The monoisotopic (exact) mass is 224 g/mol. The topological polar surface area (TPSA) is 37.3 Å². The number of aryl methyl sites for hydroxylation is 1. The maximum Gasteiger partial charge on any atom is 0.319 e. The van der Waals surface area contributed by atoms with Crippen molar-refractivity contribution in [2.75, 3.05) is 0 Å². The molecule has 0 saturated heterocycles. The van der Waals surface area contributed by atoms with Gasteiger partial charge in [0.25, 0.3) is 0 Å². The number of hydrogen-bond donors (Lipinski definition) is 1. The molecule has 1 aromatic rings. The molecular weight excluding hydrogens is 208 g/mol. The van der Waals surface area contributed by atoms with E-state index in [2.05, 4.69) is 0 Å². The Labute approximate surface area is 94.7 Å². The number of aliphatic carboxylic acids is 1. The van der Waals surface area contributed by atoms with Crippen molar-refractivity contribution in [3.8, 4) is 0 Å². The number of thioether (sulfide) groups is 1. The van der Waals surface area contributed by atoms with Gasteiger partial charge in [0.1, 0.15) is 4.75 Å². The van der Waals surface area contributed by atoms with Gasteiger partial charge in [0.05, 0.1) is 0 Å². The van der Waals surface area contributed by atoms with Gasteiger partial charge in [-0.2, -0.15) is 0 Å². The average molecular weight is 224 g/mol. The summed E-state index contributed by atoms with van der Waals surface area (Å²) in [5.74, 6) is -0.753. The molecule has 0 aliphatic heterocycles. The molecule has 82 valence electrons. The maximum absolute atomic E-state index is 11.1. The molecule has 0 radical (unpaired) electrons. The molecule has 0 spiro atoms. The largest absolute Gasteiger partial charge is 0.480 e. The van der Waals surface area contributed by atoms with E-state index in [9.17, 15) is 4.79 Å². The van der Waals surface area contributed by atoms with Crippen LogP contribution in [0.25, 0.3) is 0 Å². The Balaban J connectivity index is 2.89. The van der Waals surface area contributed by atoms with E-state index in [0.717, 1.165) is 10.5 Å². The molecule has 0 heterocycles. The number of carboxylic acid groups (broad SMARTS) is 1. The van der Waals surface area contributed by atoms with Crippen molar-refractivity contribution in [1.82, 2.24) is 0 Å². The van der Waals surface area contributed by atoms with Gasteiger partial charge in [-0.05, 0) is 32.4 Å². The summed E-state index contributed by atoms with van der Waals surface area (Å²) < 4.78 is -0.728. The number of benzene rings is 1. The third-order valence-electron chi connectivity index (χ3n) is 2.46. The summed E-state index contributed by atoms with van der Waals surface area (Å²) in [5.41, 5.74) is 1.16. The maximum atomic E-state index is 11.1. The smallest absolute Gasteiger partial charge is 0.319 e. The van der Waals surface area contributed by atoms with Crippen LogP contribution >= 0.6 is 11.8 Å². The van der Waals surface area contributed by atoms with Crippen LogP contribution in [0.15, 0.2) is 29.2 Å². The first-order valence-electron chi connectivity index (χ1n) is 4.97. The lowest BCUT2D eigenvalue weighted by Crippen LogP contribution is -2.30. The van der Waals surface area contributed by atoms with E-state index in [0.29, 0.717) is 6.42 Å². The molecule has 1 rings (SSSR count). The van der Waals surface area contributed by atoms with Gasteiger partial charge in [-0.25, -0.2) is 0 Å². The van der Waals surface area contributed by atoms with Gasteiger partial charge in [0.2, 0.25) is 0 Å². The molecule has 3 heteroatoms. The third kappa shape index (κ3) is 2.99. The van der Waals surface area contributed by atoms with Crippen LogP contribution in [0.2, 0.25) is 0 Å². The predicted octanol–water partition coefficient (Wildman–Crippen LogP) is 3.34. The lowest BCUT2D eigenvalue weighted by molar-refractivity contribution is -0.139. The summed E-state index contributed by atoms with van der Waals surface area (Å²) in [6.07, 6.45) is 0.612. The van der Waals surface area contributed by atoms with E-state index in [1.165, 1.54) is 11.8 Å². The minimum Gasteiger partial charge on any atom is -0.480 e. The lowest BCUT2D eigenvalue weighted by atomic mass is 10.1. The fraction of sp³-hybridized carbons (Fsp3) is 0.417. The van der Waals surface area contributed by atoms with Gasteiger partial charge in [-0.1, -0.05) is 24.6 Å². The first-order chi connectivity index (χ1) is 6.98. The molecule has 0 fully saturated rings.